The summed E-state index contributed by atoms with van der Waals surface area (Å²) in [4.78, 5) is 37.6. The second kappa shape index (κ2) is 10.0. The quantitative estimate of drug-likeness (QED) is 0.588. The van der Waals surface area contributed by atoms with Crippen molar-refractivity contribution in [2.75, 3.05) is 38.1 Å². The Morgan fingerprint density at radius 2 is 1.79 bits per heavy atom. The number of hydrogen-bond donors (Lipinski definition) is 1. The maximum Gasteiger partial charge on any atom is 0.339 e. The van der Waals surface area contributed by atoms with Crippen molar-refractivity contribution < 1.29 is 23.9 Å². The van der Waals surface area contributed by atoms with E-state index in [1.54, 1.807) is 12.1 Å². The number of benzene rings is 2. The van der Waals surface area contributed by atoms with Crippen LogP contribution >= 0.6 is 0 Å². The molecular formula is C21H22N2O5. The Morgan fingerprint density at radius 3 is 2.43 bits per heavy atom. The van der Waals surface area contributed by atoms with E-state index in [4.69, 9.17) is 9.47 Å². The van der Waals surface area contributed by atoms with Gasteiger partial charge in [-0.1, -0.05) is 30.3 Å². The molecule has 0 atom stereocenters. The summed E-state index contributed by atoms with van der Waals surface area (Å²) in [5.74, 6) is -1.28. The smallest absolute Gasteiger partial charge is 0.339 e. The number of methoxy groups -OCH3 is 2. The molecule has 0 saturated carbocycles. The third kappa shape index (κ3) is 5.52. The first-order chi connectivity index (χ1) is 13.5. The maximum absolute atomic E-state index is 12.2. The standard InChI is InChI=1S/C21H22N2O5/c1-23(20(25)14-27-2)18-13-16(10-11-17(18)21(26)28-3)22-19(24)12-9-15-7-5-4-6-8-15/h4-13H,14H2,1-3H3,(H,22,24). The monoisotopic (exact) mass is 382 g/mol. The lowest BCUT2D eigenvalue weighted by Crippen LogP contribution is -2.31. The number of rotatable bonds is 7. The van der Waals surface area contributed by atoms with Gasteiger partial charge in [0.1, 0.15) is 6.61 Å². The van der Waals surface area contributed by atoms with Gasteiger partial charge in [0.05, 0.1) is 18.4 Å². The fourth-order valence-electron chi connectivity index (χ4n) is 2.44. The van der Waals surface area contributed by atoms with Gasteiger partial charge in [-0.3, -0.25) is 9.59 Å². The summed E-state index contributed by atoms with van der Waals surface area (Å²) in [6, 6.07) is 14.0. The minimum atomic E-state index is -0.589. The lowest BCUT2D eigenvalue weighted by Gasteiger charge is -2.20. The Bertz CT molecular complexity index is 878. The molecule has 7 nitrogen and oxygen atoms in total. The van der Waals surface area contributed by atoms with E-state index in [1.807, 2.05) is 30.3 Å². The van der Waals surface area contributed by atoms with Crippen LogP contribution in [0.25, 0.3) is 6.08 Å². The van der Waals surface area contributed by atoms with Crippen LogP contribution in [0.2, 0.25) is 0 Å². The normalized spacial score (nSPS) is 10.5. The lowest BCUT2D eigenvalue weighted by molar-refractivity contribution is -0.121. The van der Waals surface area contributed by atoms with Crippen LogP contribution in [0.3, 0.4) is 0 Å². The van der Waals surface area contributed by atoms with Crippen LogP contribution in [0.5, 0.6) is 0 Å². The fourth-order valence-corrected chi connectivity index (χ4v) is 2.44. The van der Waals surface area contributed by atoms with E-state index in [2.05, 4.69) is 5.32 Å². The molecule has 0 aliphatic rings. The van der Waals surface area contributed by atoms with Crippen LogP contribution in [-0.4, -0.2) is 45.7 Å². The van der Waals surface area contributed by atoms with Gasteiger partial charge in [-0.25, -0.2) is 4.79 Å². The Balaban J connectivity index is 2.24. The lowest BCUT2D eigenvalue weighted by atomic mass is 10.1. The number of ether oxygens (including phenoxy) is 2. The average Bonchev–Trinajstić information content (AvgIpc) is 2.72. The van der Waals surface area contributed by atoms with Crippen LogP contribution in [0.1, 0.15) is 15.9 Å². The summed E-state index contributed by atoms with van der Waals surface area (Å²) in [6.07, 6.45) is 3.09. The Kier molecular flexibility index (Phi) is 7.47. The third-order valence-electron chi connectivity index (χ3n) is 3.90. The van der Waals surface area contributed by atoms with Crippen molar-refractivity contribution in [2.45, 2.75) is 0 Å². The molecule has 0 bridgehead atoms. The van der Waals surface area contributed by atoms with E-state index >= 15 is 0 Å². The summed E-state index contributed by atoms with van der Waals surface area (Å²) >= 11 is 0. The molecule has 28 heavy (non-hydrogen) atoms. The van der Waals surface area contributed by atoms with Crippen LogP contribution in [0.15, 0.2) is 54.6 Å². The van der Waals surface area contributed by atoms with Gasteiger partial charge < -0.3 is 19.7 Å². The van der Waals surface area contributed by atoms with Gasteiger partial charge >= 0.3 is 5.97 Å². The van der Waals surface area contributed by atoms with Gasteiger partial charge in [0.15, 0.2) is 0 Å². The number of nitrogens with one attached hydrogen (secondary N) is 1. The minimum Gasteiger partial charge on any atom is -0.465 e. The zero-order chi connectivity index (χ0) is 20.5. The molecule has 7 heteroatoms. The van der Waals surface area contributed by atoms with Crippen molar-refractivity contribution in [3.8, 4) is 0 Å². The average molecular weight is 382 g/mol. The van der Waals surface area contributed by atoms with Crippen molar-refractivity contribution in [2.24, 2.45) is 0 Å². The Labute approximate surface area is 163 Å². The number of carbonyl (C=O) groups is 3. The third-order valence-corrected chi connectivity index (χ3v) is 3.90. The molecule has 0 unspecified atom stereocenters. The molecule has 2 aromatic carbocycles. The first kappa shape index (κ1) is 20.9. The van der Waals surface area contributed by atoms with Crippen LogP contribution in [0, 0.1) is 0 Å². The van der Waals surface area contributed by atoms with Crippen molar-refractivity contribution >= 4 is 35.2 Å². The molecule has 0 heterocycles. The van der Waals surface area contributed by atoms with E-state index in [0.29, 0.717) is 11.4 Å². The van der Waals surface area contributed by atoms with Crippen molar-refractivity contribution in [1.82, 2.24) is 0 Å². The van der Waals surface area contributed by atoms with Gasteiger partial charge in [-0.15, -0.1) is 0 Å². The largest absolute Gasteiger partial charge is 0.465 e. The van der Waals surface area contributed by atoms with Crippen LogP contribution < -0.4 is 10.2 Å². The van der Waals surface area contributed by atoms with Crippen molar-refractivity contribution in [1.29, 1.82) is 0 Å². The predicted octanol–water partition coefficient (Wildman–Crippen LogP) is 2.73. The molecular weight excluding hydrogens is 360 g/mol. The predicted molar refractivity (Wildman–Crippen MR) is 107 cm³/mol. The van der Waals surface area contributed by atoms with E-state index in [1.165, 1.54) is 44.4 Å². The van der Waals surface area contributed by atoms with Crippen LogP contribution in [-0.2, 0) is 19.1 Å². The SMILES string of the molecule is COCC(=O)N(C)c1cc(NC(=O)C=Cc2ccccc2)ccc1C(=O)OC. The number of anilines is 2. The van der Waals surface area contributed by atoms with Crippen LogP contribution in [0.4, 0.5) is 11.4 Å². The van der Waals surface area contributed by atoms with E-state index in [9.17, 15) is 14.4 Å². The molecule has 0 spiro atoms. The molecule has 0 aromatic heterocycles. The number of nitrogens with zero attached hydrogens (tertiary/aromatic N) is 1. The summed E-state index contributed by atoms with van der Waals surface area (Å²) in [6.45, 7) is -0.145. The Hall–Kier alpha value is -3.45. The first-order valence-electron chi connectivity index (χ1n) is 8.48. The van der Waals surface area contributed by atoms with Gasteiger partial charge in [0.2, 0.25) is 5.91 Å². The highest BCUT2D eigenvalue weighted by Gasteiger charge is 2.20. The van der Waals surface area contributed by atoms with Gasteiger partial charge in [-0.2, -0.15) is 0 Å². The second-order valence-electron chi connectivity index (χ2n) is 5.84. The van der Waals surface area contributed by atoms with Gasteiger partial charge in [0.25, 0.3) is 5.91 Å². The van der Waals surface area contributed by atoms with Crippen molar-refractivity contribution in [3.05, 3.63) is 65.7 Å². The molecule has 2 rings (SSSR count). The van der Waals surface area contributed by atoms with Crippen molar-refractivity contribution in [3.63, 3.8) is 0 Å². The number of carbonyl (C=O) groups excluding carboxylic acids is 3. The highest BCUT2D eigenvalue weighted by molar-refractivity contribution is 6.06. The fraction of sp³-hybridized carbons (Fsp3) is 0.190. The highest BCUT2D eigenvalue weighted by atomic mass is 16.5. The van der Waals surface area contributed by atoms with Gasteiger partial charge in [-0.05, 0) is 29.8 Å². The summed E-state index contributed by atoms with van der Waals surface area (Å²) < 4.78 is 9.62. The zero-order valence-electron chi connectivity index (χ0n) is 16.0. The number of hydrogen-bond acceptors (Lipinski definition) is 5. The highest BCUT2D eigenvalue weighted by Crippen LogP contribution is 2.25. The number of amides is 2. The molecule has 0 saturated heterocycles. The topological polar surface area (TPSA) is 84.9 Å². The molecule has 0 aliphatic carbocycles. The molecule has 0 radical (unpaired) electrons. The second-order valence-corrected chi connectivity index (χ2v) is 5.84. The Morgan fingerprint density at radius 1 is 1.07 bits per heavy atom. The molecule has 1 N–H and O–H groups in total. The molecule has 2 amide bonds. The minimum absolute atomic E-state index is 0.145. The van der Waals surface area contributed by atoms with Gasteiger partial charge in [0, 0.05) is 25.9 Å². The molecule has 0 aliphatic heterocycles. The molecule has 146 valence electrons. The summed E-state index contributed by atoms with van der Waals surface area (Å²) in [5, 5.41) is 2.72. The summed E-state index contributed by atoms with van der Waals surface area (Å²) in [7, 11) is 4.18. The zero-order valence-corrected chi connectivity index (χ0v) is 16.0. The van der Waals surface area contributed by atoms with E-state index < -0.39 is 5.97 Å². The molecule has 2 aromatic rings. The first-order valence-corrected chi connectivity index (χ1v) is 8.48. The molecule has 0 fully saturated rings. The van der Waals surface area contributed by atoms with E-state index in [-0.39, 0.29) is 24.0 Å². The maximum atomic E-state index is 12.2. The number of likely N-dealkylation sites (N-methyl/N-ethyl adjacent to an activating group) is 1. The van der Waals surface area contributed by atoms with E-state index in [0.717, 1.165) is 5.56 Å². The number of esters is 1. The summed E-state index contributed by atoms with van der Waals surface area (Å²) in [5.41, 5.74) is 1.83.